The Kier molecular flexibility index (Phi) is 8.28. The van der Waals surface area contributed by atoms with Gasteiger partial charge < -0.3 is 0 Å². The zero-order valence-electron chi connectivity index (χ0n) is 29.3. The largest absolute Gasteiger partial charge is 0 e. The molecule has 1 fully saturated rings. The molecule has 0 N–H and O–H groups in total. The van der Waals surface area contributed by atoms with Gasteiger partial charge in [-0.05, 0) is 12.1 Å². The van der Waals surface area contributed by atoms with Gasteiger partial charge in [0.05, 0.1) is 16.7 Å². The zero-order chi connectivity index (χ0) is 34.2. The van der Waals surface area contributed by atoms with Crippen molar-refractivity contribution in [1.82, 2.24) is 14.1 Å². The number of imidazole rings is 1. The molecular weight excluding hydrogens is 880 g/mol. The van der Waals surface area contributed by atoms with Crippen molar-refractivity contribution < 1.29 is 30.4 Å². The molecule has 0 saturated carbocycles. The summed E-state index contributed by atoms with van der Waals surface area (Å²) >= 11 is -2.17. The standard InChI is InChI=1S/C45H38GeN4O.Pt/c1-45(2)24-27-46(25-10-11-26-46)38-23-28-47-44(43(38)45)50-39-18-7-6-17-36(39)37-22-21-35(30-42(37)50)51-34-16-12-15-33(29-34)49-31-48(32-13-4-3-5-14-32)40-19-8-9-20-41(40)49;/h3-9,12-23,28H,10-11,24-27H2,1-2H3;/q-2;. The number of hydrogen-bond acceptors (Lipinski definition) is 2. The Bertz CT molecular complexity index is 2620. The molecule has 3 aromatic heterocycles. The van der Waals surface area contributed by atoms with E-state index in [9.17, 15) is 0 Å². The van der Waals surface area contributed by atoms with Gasteiger partial charge in [0, 0.05) is 21.1 Å². The second-order valence-corrected chi connectivity index (χ2v) is 24.6. The second kappa shape index (κ2) is 12.9. The summed E-state index contributed by atoms with van der Waals surface area (Å²) in [5, 5.41) is 6.72. The average Bonchev–Trinajstić information content (AvgIpc) is 3.89. The minimum absolute atomic E-state index is 0. The van der Waals surface area contributed by atoms with Crippen molar-refractivity contribution in [3.8, 4) is 28.7 Å². The number of hydrogen-bond donors (Lipinski definition) is 0. The maximum absolute atomic E-state index is 6.60. The number of pyridine rings is 1. The van der Waals surface area contributed by atoms with Gasteiger partial charge in [0.1, 0.15) is 0 Å². The van der Waals surface area contributed by atoms with Crippen LogP contribution < -0.4 is 13.7 Å². The van der Waals surface area contributed by atoms with Crippen LogP contribution in [0.5, 0.6) is 11.5 Å². The molecule has 260 valence electrons. The third kappa shape index (κ3) is 5.30. The molecule has 0 radical (unpaired) electrons. The molecule has 52 heavy (non-hydrogen) atoms. The molecule has 0 aliphatic carbocycles. The summed E-state index contributed by atoms with van der Waals surface area (Å²) in [6.45, 7) is 4.87. The zero-order valence-corrected chi connectivity index (χ0v) is 33.7. The first-order chi connectivity index (χ1) is 25.0. The van der Waals surface area contributed by atoms with Crippen LogP contribution >= 0.6 is 0 Å². The Hall–Kier alpha value is -4.45. The smallest absolute Gasteiger partial charge is 0 e. The summed E-state index contributed by atoms with van der Waals surface area (Å²) in [5.74, 6) is 2.34. The van der Waals surface area contributed by atoms with Gasteiger partial charge in [0.25, 0.3) is 6.33 Å². The molecule has 0 amide bonds. The number of fused-ring (bicyclic) bond motifs is 6. The van der Waals surface area contributed by atoms with Gasteiger partial charge in [-0.1, -0.05) is 42.5 Å². The van der Waals surface area contributed by atoms with Crippen LogP contribution in [-0.4, -0.2) is 27.4 Å². The molecule has 1 spiro atoms. The molecule has 0 unspecified atom stereocenters. The maximum Gasteiger partial charge on any atom is 0 e. The van der Waals surface area contributed by atoms with Crippen molar-refractivity contribution in [1.29, 1.82) is 0 Å². The molecule has 5 heterocycles. The fourth-order valence-corrected chi connectivity index (χ4v) is 21.4. The first-order valence-corrected chi connectivity index (χ1v) is 23.7. The maximum atomic E-state index is 6.60. The van der Waals surface area contributed by atoms with Gasteiger partial charge in [0.15, 0.2) is 0 Å². The van der Waals surface area contributed by atoms with Crippen molar-refractivity contribution in [3.63, 3.8) is 0 Å². The minimum atomic E-state index is -2.17. The van der Waals surface area contributed by atoms with Crippen LogP contribution in [-0.2, 0) is 26.5 Å². The van der Waals surface area contributed by atoms with Crippen molar-refractivity contribution in [3.05, 3.63) is 145 Å². The monoisotopic (exact) mass is 919 g/mol. The van der Waals surface area contributed by atoms with E-state index in [0.717, 1.165) is 44.6 Å². The van der Waals surface area contributed by atoms with Crippen molar-refractivity contribution >= 4 is 50.5 Å². The van der Waals surface area contributed by atoms with Crippen molar-refractivity contribution in [2.24, 2.45) is 0 Å². The van der Waals surface area contributed by atoms with Crippen LogP contribution in [0, 0.1) is 18.5 Å². The number of rotatable bonds is 5. The van der Waals surface area contributed by atoms with E-state index in [1.54, 1.807) is 4.40 Å². The Morgan fingerprint density at radius 3 is 2.33 bits per heavy atom. The molecule has 1 saturated heterocycles. The third-order valence-electron chi connectivity index (χ3n) is 11.5. The first kappa shape index (κ1) is 33.4. The summed E-state index contributed by atoms with van der Waals surface area (Å²) in [6.07, 6.45) is 9.69. The molecule has 0 bridgehead atoms. The molecule has 5 nitrogen and oxygen atoms in total. The van der Waals surface area contributed by atoms with Crippen LogP contribution in [0.2, 0.25) is 15.8 Å². The summed E-state index contributed by atoms with van der Waals surface area (Å²) in [4.78, 5) is 5.21. The Morgan fingerprint density at radius 1 is 0.731 bits per heavy atom. The van der Waals surface area contributed by atoms with E-state index in [2.05, 4.69) is 120 Å². The summed E-state index contributed by atoms with van der Waals surface area (Å²) in [7, 11) is 0. The van der Waals surface area contributed by atoms with Gasteiger partial charge in [-0.15, -0.1) is 0 Å². The average molecular weight is 919 g/mol. The second-order valence-electron chi connectivity index (χ2n) is 15.0. The third-order valence-corrected chi connectivity index (χ3v) is 22.8. The van der Waals surface area contributed by atoms with Crippen LogP contribution in [0.3, 0.4) is 0 Å². The Balaban J connectivity index is 0.00000360. The van der Waals surface area contributed by atoms with E-state index in [0.29, 0.717) is 11.5 Å². The normalized spacial score (nSPS) is 16.0. The number of benzene rings is 5. The molecule has 2 aliphatic rings. The fraction of sp³-hybridized carbons (Fsp3) is 0.200. The van der Waals surface area contributed by atoms with E-state index >= 15 is 0 Å². The molecule has 7 heteroatoms. The van der Waals surface area contributed by atoms with E-state index in [4.69, 9.17) is 9.72 Å². The summed E-state index contributed by atoms with van der Waals surface area (Å²) in [5.41, 5.74) is 7.69. The number of nitrogens with zero attached hydrogens (tertiary/aromatic N) is 4. The molecular formula is C45H38GeN4OPt-2. The number of aromatic nitrogens is 4. The van der Waals surface area contributed by atoms with E-state index < -0.39 is 13.3 Å². The van der Waals surface area contributed by atoms with Gasteiger partial charge >= 0.3 is 220 Å². The first-order valence-electron chi connectivity index (χ1n) is 18.2. The fourth-order valence-electron chi connectivity index (χ4n) is 9.02. The van der Waals surface area contributed by atoms with Crippen LogP contribution in [0.4, 0.5) is 0 Å². The van der Waals surface area contributed by atoms with E-state index in [1.165, 1.54) is 46.0 Å². The molecule has 5 aromatic carbocycles. The minimum Gasteiger partial charge on any atom is 0 e. The topological polar surface area (TPSA) is 35.9 Å². The van der Waals surface area contributed by atoms with Crippen LogP contribution in [0.15, 0.2) is 121 Å². The van der Waals surface area contributed by atoms with Crippen LogP contribution in [0.1, 0.15) is 38.7 Å². The molecule has 10 rings (SSSR count). The van der Waals surface area contributed by atoms with Crippen molar-refractivity contribution in [2.75, 3.05) is 0 Å². The summed E-state index contributed by atoms with van der Waals surface area (Å²) < 4.78 is 14.8. The predicted molar refractivity (Wildman–Crippen MR) is 207 cm³/mol. The SMILES string of the molecule is CC1(C)C[CH2][Ge]2([CH2]CC[CH2]2)[c]2ccnc(-n3c4[c-]c(Oc5[c-]c(-n6[c-][n+](-c7ccccc7)c7ccccc76)ccc5)ccc4c4ccccc43)c21.[Pt]. The predicted octanol–water partition coefficient (Wildman–Crippen LogP) is 9.72. The van der Waals surface area contributed by atoms with Gasteiger partial charge in [-0.25, -0.2) is 0 Å². The quantitative estimate of drug-likeness (QED) is 0.0981. The molecule has 8 aromatic rings. The molecule has 2 aliphatic heterocycles. The number of ether oxygens (including phenoxy) is 1. The van der Waals surface area contributed by atoms with Gasteiger partial charge in [0.2, 0.25) is 0 Å². The number of para-hydroxylation sites is 4. The summed E-state index contributed by atoms with van der Waals surface area (Å²) in [6, 6.07) is 47.3. The van der Waals surface area contributed by atoms with Crippen molar-refractivity contribution in [2.45, 2.75) is 54.3 Å². The Morgan fingerprint density at radius 2 is 1.48 bits per heavy atom. The van der Waals surface area contributed by atoms with E-state index in [-0.39, 0.29) is 26.5 Å². The van der Waals surface area contributed by atoms with E-state index in [1.807, 2.05) is 47.0 Å². The molecule has 0 atom stereocenters. The Labute approximate surface area is 321 Å². The van der Waals surface area contributed by atoms with Gasteiger partial charge in [-0.3, -0.25) is 4.57 Å². The van der Waals surface area contributed by atoms with Crippen LogP contribution in [0.25, 0.3) is 50.0 Å². The van der Waals surface area contributed by atoms with Gasteiger partial charge in [-0.2, -0.15) is 0 Å².